The molecule has 0 bridgehead atoms. The summed E-state index contributed by atoms with van der Waals surface area (Å²) in [7, 11) is 0. The van der Waals surface area contributed by atoms with E-state index in [1.165, 1.54) is 0 Å². The van der Waals surface area contributed by atoms with Crippen molar-refractivity contribution in [1.29, 1.82) is 0 Å². The van der Waals surface area contributed by atoms with E-state index in [0.717, 1.165) is 34.5 Å². The zero-order chi connectivity index (χ0) is 24.2. The highest BCUT2D eigenvalue weighted by Crippen LogP contribution is 2.40. The molecule has 1 saturated carbocycles. The Kier molecular flexibility index (Phi) is 4.73. The number of amides is 4. The van der Waals surface area contributed by atoms with E-state index in [-0.39, 0.29) is 0 Å². The number of hydrogen-bond donors (Lipinski definition) is 2. The molecule has 176 valence electrons. The van der Waals surface area contributed by atoms with Gasteiger partial charge in [-0.25, -0.2) is 9.48 Å². The van der Waals surface area contributed by atoms with Crippen LogP contribution in [0.15, 0.2) is 71.1 Å². The van der Waals surface area contributed by atoms with E-state index in [4.69, 9.17) is 4.42 Å². The van der Waals surface area contributed by atoms with Crippen molar-refractivity contribution in [3.8, 4) is 5.69 Å². The van der Waals surface area contributed by atoms with Crippen LogP contribution in [0.5, 0.6) is 0 Å². The number of hydrogen-bond acceptors (Lipinski definition) is 5. The SMILES string of the molecule is CC1(c2cc3ccccc3o2)NC(=O)N(CC(=O)Nc2cc(C3CC3)nn2-c2ccccc2)C1=O. The van der Waals surface area contributed by atoms with Crippen molar-refractivity contribution < 1.29 is 18.8 Å². The van der Waals surface area contributed by atoms with E-state index < -0.39 is 29.9 Å². The summed E-state index contributed by atoms with van der Waals surface area (Å²) in [5.74, 6) is 0.159. The number of anilines is 1. The van der Waals surface area contributed by atoms with Gasteiger partial charge in [0.2, 0.25) is 5.91 Å². The fraction of sp³-hybridized carbons (Fsp3) is 0.231. The van der Waals surface area contributed by atoms with Crippen molar-refractivity contribution >= 4 is 34.6 Å². The molecule has 2 N–H and O–H groups in total. The van der Waals surface area contributed by atoms with Gasteiger partial charge in [-0.1, -0.05) is 36.4 Å². The average Bonchev–Trinajstić information content (AvgIpc) is 3.41. The molecule has 2 aromatic heterocycles. The van der Waals surface area contributed by atoms with Gasteiger partial charge >= 0.3 is 6.03 Å². The van der Waals surface area contributed by atoms with Crippen LogP contribution in [0.25, 0.3) is 16.7 Å². The van der Waals surface area contributed by atoms with Crippen molar-refractivity contribution in [2.24, 2.45) is 0 Å². The first-order valence-electron chi connectivity index (χ1n) is 11.5. The highest BCUT2D eigenvalue weighted by Gasteiger charge is 2.51. The number of nitrogens with one attached hydrogen (secondary N) is 2. The Hall–Kier alpha value is -4.40. The number of aromatic nitrogens is 2. The lowest BCUT2D eigenvalue weighted by atomic mass is 9.99. The van der Waals surface area contributed by atoms with Gasteiger partial charge in [-0.05, 0) is 44.0 Å². The molecule has 2 aliphatic rings. The third kappa shape index (κ3) is 3.65. The van der Waals surface area contributed by atoms with Gasteiger partial charge in [-0.3, -0.25) is 14.5 Å². The van der Waals surface area contributed by atoms with Crippen molar-refractivity contribution in [3.05, 3.63) is 78.2 Å². The maximum absolute atomic E-state index is 13.3. The first-order valence-corrected chi connectivity index (χ1v) is 11.5. The molecule has 35 heavy (non-hydrogen) atoms. The third-order valence-corrected chi connectivity index (χ3v) is 6.49. The molecule has 1 atom stereocenters. The minimum Gasteiger partial charge on any atom is -0.458 e. The number of fused-ring (bicyclic) bond motifs is 1. The Bertz CT molecular complexity index is 1440. The van der Waals surface area contributed by atoms with Gasteiger partial charge in [-0.2, -0.15) is 5.10 Å². The number of rotatable bonds is 6. The number of nitrogens with zero attached hydrogens (tertiary/aromatic N) is 3. The summed E-state index contributed by atoms with van der Waals surface area (Å²) in [6, 6.07) is 19.8. The van der Waals surface area contributed by atoms with Crippen molar-refractivity contribution in [2.75, 3.05) is 11.9 Å². The van der Waals surface area contributed by atoms with Crippen molar-refractivity contribution in [1.82, 2.24) is 20.0 Å². The molecule has 1 saturated heterocycles. The topological polar surface area (TPSA) is 109 Å². The van der Waals surface area contributed by atoms with Crippen LogP contribution in [0.2, 0.25) is 0 Å². The molecule has 2 aromatic carbocycles. The van der Waals surface area contributed by atoms with Gasteiger partial charge in [0.1, 0.15) is 23.7 Å². The molecule has 1 aliphatic heterocycles. The Labute approximate surface area is 200 Å². The smallest absolute Gasteiger partial charge is 0.325 e. The van der Waals surface area contributed by atoms with Crippen LogP contribution in [0, 0.1) is 0 Å². The lowest BCUT2D eigenvalue weighted by Crippen LogP contribution is -2.42. The van der Waals surface area contributed by atoms with Crippen molar-refractivity contribution in [2.45, 2.75) is 31.2 Å². The minimum absolute atomic E-state index is 0.316. The summed E-state index contributed by atoms with van der Waals surface area (Å²) in [6.45, 7) is 1.15. The second kappa shape index (κ2) is 7.83. The predicted molar refractivity (Wildman–Crippen MR) is 128 cm³/mol. The van der Waals surface area contributed by atoms with Gasteiger partial charge < -0.3 is 15.1 Å². The summed E-state index contributed by atoms with van der Waals surface area (Å²) in [5, 5.41) is 11.0. The predicted octanol–water partition coefficient (Wildman–Crippen LogP) is 3.90. The van der Waals surface area contributed by atoms with E-state index >= 15 is 0 Å². The molecule has 6 rings (SSSR count). The fourth-order valence-corrected chi connectivity index (χ4v) is 4.39. The van der Waals surface area contributed by atoms with Crippen LogP contribution < -0.4 is 10.6 Å². The average molecular weight is 470 g/mol. The molecular weight excluding hydrogens is 446 g/mol. The Morgan fingerprint density at radius 1 is 1.11 bits per heavy atom. The number of carbonyl (C=O) groups excluding carboxylic acids is 3. The first-order chi connectivity index (χ1) is 16.9. The lowest BCUT2D eigenvalue weighted by molar-refractivity contribution is -0.134. The molecule has 9 nitrogen and oxygen atoms in total. The van der Waals surface area contributed by atoms with Crippen LogP contribution in [-0.2, 0) is 15.1 Å². The van der Waals surface area contributed by atoms with Crippen LogP contribution in [0.3, 0.4) is 0 Å². The maximum atomic E-state index is 13.3. The normalized spacial score (nSPS) is 19.9. The number of para-hydroxylation sites is 2. The second-order valence-corrected chi connectivity index (χ2v) is 9.12. The number of furan rings is 1. The molecular formula is C26H23N5O4. The quantitative estimate of drug-likeness (QED) is 0.416. The molecule has 9 heteroatoms. The van der Waals surface area contributed by atoms with E-state index in [1.54, 1.807) is 23.7 Å². The largest absolute Gasteiger partial charge is 0.458 e. The summed E-state index contributed by atoms with van der Waals surface area (Å²) < 4.78 is 7.52. The number of imide groups is 1. The van der Waals surface area contributed by atoms with E-state index in [2.05, 4.69) is 15.7 Å². The monoisotopic (exact) mass is 469 g/mol. The third-order valence-electron chi connectivity index (χ3n) is 6.49. The lowest BCUT2D eigenvalue weighted by Gasteiger charge is -2.19. The van der Waals surface area contributed by atoms with Gasteiger partial charge in [0, 0.05) is 17.4 Å². The van der Waals surface area contributed by atoms with E-state index in [9.17, 15) is 14.4 Å². The molecule has 0 radical (unpaired) electrons. The van der Waals surface area contributed by atoms with E-state index in [0.29, 0.717) is 23.1 Å². The zero-order valence-electron chi connectivity index (χ0n) is 19.0. The second-order valence-electron chi connectivity index (χ2n) is 9.12. The number of carbonyl (C=O) groups is 3. The van der Waals surface area contributed by atoms with Gasteiger partial charge in [0.15, 0.2) is 5.54 Å². The van der Waals surface area contributed by atoms with Gasteiger partial charge in [0.05, 0.1) is 11.4 Å². The van der Waals surface area contributed by atoms with E-state index in [1.807, 2.05) is 54.6 Å². The summed E-state index contributed by atoms with van der Waals surface area (Å²) in [6.07, 6.45) is 2.14. The number of urea groups is 1. The van der Waals surface area contributed by atoms with Crippen LogP contribution in [0.1, 0.15) is 37.1 Å². The summed E-state index contributed by atoms with van der Waals surface area (Å²) in [5.41, 5.74) is 0.933. The van der Waals surface area contributed by atoms with Crippen LogP contribution in [-0.4, -0.2) is 39.1 Å². The molecule has 2 fully saturated rings. The Balaban J connectivity index is 1.23. The molecule has 0 spiro atoms. The molecule has 1 aliphatic carbocycles. The van der Waals surface area contributed by atoms with Crippen molar-refractivity contribution in [3.63, 3.8) is 0 Å². The summed E-state index contributed by atoms with van der Waals surface area (Å²) >= 11 is 0. The summed E-state index contributed by atoms with van der Waals surface area (Å²) in [4.78, 5) is 39.9. The standard InChI is InChI=1S/C26H23N5O4/c1-26(21-13-17-7-5-6-10-20(17)35-21)24(33)30(25(34)28-26)15-23(32)27-22-14-19(16-11-12-16)29-31(22)18-8-3-2-4-9-18/h2-10,13-14,16H,11-12,15H2,1H3,(H,27,32)(H,28,34). The Morgan fingerprint density at radius 2 is 1.86 bits per heavy atom. The zero-order valence-corrected chi connectivity index (χ0v) is 19.0. The maximum Gasteiger partial charge on any atom is 0.325 e. The molecule has 4 amide bonds. The Morgan fingerprint density at radius 3 is 2.60 bits per heavy atom. The molecule has 4 aromatic rings. The van der Waals surface area contributed by atoms with Gasteiger partial charge in [0.25, 0.3) is 5.91 Å². The number of benzene rings is 2. The highest BCUT2D eigenvalue weighted by molar-refractivity contribution is 6.10. The van der Waals surface area contributed by atoms with Crippen LogP contribution >= 0.6 is 0 Å². The van der Waals surface area contributed by atoms with Gasteiger partial charge in [-0.15, -0.1) is 0 Å². The first kappa shape index (κ1) is 21.2. The van der Waals surface area contributed by atoms with Crippen LogP contribution in [0.4, 0.5) is 10.6 Å². The fourth-order valence-electron chi connectivity index (χ4n) is 4.39. The molecule has 1 unspecified atom stereocenters. The minimum atomic E-state index is -1.40. The highest BCUT2D eigenvalue weighted by atomic mass is 16.3. The molecule has 3 heterocycles.